The fourth-order valence-corrected chi connectivity index (χ4v) is 4.69. The maximum absolute atomic E-state index is 14.2. The summed E-state index contributed by atoms with van der Waals surface area (Å²) < 4.78 is 20.6. The fraction of sp³-hybridized carbons (Fsp3) is 0.414. The number of primary amides is 1. The Morgan fingerprint density at radius 1 is 1.08 bits per heavy atom. The van der Waals surface area contributed by atoms with Gasteiger partial charge in [0.1, 0.15) is 24.0 Å². The zero-order valence-electron chi connectivity index (χ0n) is 22.6. The number of carbonyl (C=O) groups excluding carboxylic acids is 1. The second kappa shape index (κ2) is 11.9. The molecule has 0 spiro atoms. The minimum Gasteiger partial charge on any atom is -0.488 e. The monoisotopic (exact) mass is 520 g/mol. The quantitative estimate of drug-likeness (QED) is 0.443. The van der Waals surface area contributed by atoms with Gasteiger partial charge in [-0.05, 0) is 54.7 Å². The van der Waals surface area contributed by atoms with Crippen LogP contribution in [0.4, 0.5) is 10.2 Å². The van der Waals surface area contributed by atoms with Crippen molar-refractivity contribution >= 4 is 11.7 Å². The molecule has 8 nitrogen and oxygen atoms in total. The Labute approximate surface area is 223 Å². The SMILES string of the molecule is Cc1ccc(C(C)C)cc1OCc1c(C)nc(-c2cc(F)ccc2CN)nc1N1CCN(CC(N)=O)CC1. The Morgan fingerprint density at radius 2 is 1.82 bits per heavy atom. The number of rotatable bonds is 9. The van der Waals surface area contributed by atoms with Crippen molar-refractivity contribution in [3.8, 4) is 17.1 Å². The van der Waals surface area contributed by atoms with E-state index >= 15 is 0 Å². The summed E-state index contributed by atoms with van der Waals surface area (Å²) in [4.78, 5) is 25.3. The molecular weight excluding hydrogens is 483 g/mol. The van der Waals surface area contributed by atoms with Gasteiger partial charge in [-0.1, -0.05) is 32.0 Å². The third kappa shape index (κ3) is 6.28. The van der Waals surface area contributed by atoms with Crippen molar-refractivity contribution < 1.29 is 13.9 Å². The summed E-state index contributed by atoms with van der Waals surface area (Å²) in [7, 11) is 0. The molecule has 0 radical (unpaired) electrons. The number of aryl methyl sites for hydroxylation is 2. The van der Waals surface area contributed by atoms with E-state index in [0.29, 0.717) is 43.5 Å². The molecule has 0 bridgehead atoms. The third-order valence-electron chi connectivity index (χ3n) is 7.03. The van der Waals surface area contributed by atoms with E-state index in [1.807, 2.05) is 18.7 Å². The van der Waals surface area contributed by atoms with Gasteiger partial charge < -0.3 is 21.1 Å². The maximum atomic E-state index is 14.2. The summed E-state index contributed by atoms with van der Waals surface area (Å²) in [6.45, 7) is 11.7. The molecule has 38 heavy (non-hydrogen) atoms. The topological polar surface area (TPSA) is 111 Å². The zero-order chi connectivity index (χ0) is 27.4. The Bertz CT molecular complexity index is 1300. The number of carbonyl (C=O) groups is 1. The highest BCUT2D eigenvalue weighted by Crippen LogP contribution is 2.31. The van der Waals surface area contributed by atoms with E-state index < -0.39 is 0 Å². The number of piperazine rings is 1. The number of halogens is 1. The summed E-state index contributed by atoms with van der Waals surface area (Å²) in [6.07, 6.45) is 0. The van der Waals surface area contributed by atoms with E-state index in [2.05, 4.69) is 36.9 Å². The Hall–Kier alpha value is -3.56. The van der Waals surface area contributed by atoms with Crippen molar-refractivity contribution in [2.75, 3.05) is 37.6 Å². The van der Waals surface area contributed by atoms with Gasteiger partial charge in [-0.3, -0.25) is 9.69 Å². The van der Waals surface area contributed by atoms with Gasteiger partial charge in [0.25, 0.3) is 0 Å². The molecule has 3 aromatic rings. The fourth-order valence-electron chi connectivity index (χ4n) is 4.69. The van der Waals surface area contributed by atoms with Gasteiger partial charge in [-0.25, -0.2) is 14.4 Å². The average Bonchev–Trinajstić information content (AvgIpc) is 2.88. The van der Waals surface area contributed by atoms with Crippen LogP contribution in [0.15, 0.2) is 36.4 Å². The van der Waals surface area contributed by atoms with Crippen LogP contribution in [0.1, 0.15) is 47.7 Å². The summed E-state index contributed by atoms with van der Waals surface area (Å²) in [5, 5.41) is 0. The molecular formula is C29H37FN6O2. The first-order valence-corrected chi connectivity index (χ1v) is 13.0. The largest absolute Gasteiger partial charge is 0.488 e. The molecule has 0 atom stereocenters. The third-order valence-corrected chi connectivity index (χ3v) is 7.03. The van der Waals surface area contributed by atoms with Crippen molar-refractivity contribution in [3.05, 3.63) is 70.2 Å². The van der Waals surface area contributed by atoms with Gasteiger partial charge >= 0.3 is 0 Å². The molecule has 0 unspecified atom stereocenters. The minimum atomic E-state index is -0.368. The maximum Gasteiger partial charge on any atom is 0.231 e. The number of amides is 1. The predicted molar refractivity (Wildman–Crippen MR) is 148 cm³/mol. The van der Waals surface area contributed by atoms with Crippen molar-refractivity contribution in [2.24, 2.45) is 11.5 Å². The summed E-state index contributed by atoms with van der Waals surface area (Å²) >= 11 is 0. The van der Waals surface area contributed by atoms with Gasteiger partial charge in [0, 0.05) is 38.3 Å². The number of ether oxygens (including phenoxy) is 1. The van der Waals surface area contributed by atoms with Crippen molar-refractivity contribution in [1.82, 2.24) is 14.9 Å². The molecule has 1 saturated heterocycles. The number of nitrogens with zero attached hydrogens (tertiary/aromatic N) is 4. The van der Waals surface area contributed by atoms with Crippen LogP contribution in [-0.4, -0.2) is 53.5 Å². The standard InChI is InChI=1S/C29H37FN6O2/c1-18(2)21-6-5-19(3)26(13-21)38-17-25-20(4)33-28(24-14-23(30)8-7-22(24)15-31)34-29(25)36-11-9-35(10-12-36)16-27(32)37/h5-8,13-14,18H,9-12,15-17,31H2,1-4H3,(H2,32,37). The molecule has 4 rings (SSSR count). The lowest BCUT2D eigenvalue weighted by Gasteiger charge is -2.36. The summed E-state index contributed by atoms with van der Waals surface area (Å²) in [5.41, 5.74) is 16.6. The van der Waals surface area contributed by atoms with Crippen LogP contribution in [0, 0.1) is 19.7 Å². The lowest BCUT2D eigenvalue weighted by molar-refractivity contribution is -0.119. The van der Waals surface area contributed by atoms with Crippen LogP contribution in [0.25, 0.3) is 11.4 Å². The molecule has 1 aliphatic rings. The highest BCUT2D eigenvalue weighted by atomic mass is 19.1. The molecule has 0 saturated carbocycles. The number of aromatic nitrogens is 2. The average molecular weight is 521 g/mol. The van der Waals surface area contributed by atoms with Gasteiger partial charge in [0.2, 0.25) is 5.91 Å². The molecule has 202 valence electrons. The van der Waals surface area contributed by atoms with E-state index in [1.54, 1.807) is 6.07 Å². The van der Waals surface area contributed by atoms with Crippen molar-refractivity contribution in [3.63, 3.8) is 0 Å². The Kier molecular flexibility index (Phi) is 8.58. The Balaban J connectivity index is 1.71. The zero-order valence-corrected chi connectivity index (χ0v) is 22.6. The molecule has 1 aromatic heterocycles. The van der Waals surface area contributed by atoms with Crippen LogP contribution in [0.2, 0.25) is 0 Å². The van der Waals surface area contributed by atoms with E-state index in [0.717, 1.165) is 34.0 Å². The number of nitrogens with two attached hydrogens (primary N) is 2. The number of benzene rings is 2. The molecule has 1 fully saturated rings. The van der Waals surface area contributed by atoms with Crippen LogP contribution in [-0.2, 0) is 17.9 Å². The van der Waals surface area contributed by atoms with Crippen LogP contribution >= 0.6 is 0 Å². The summed E-state index contributed by atoms with van der Waals surface area (Å²) in [6, 6.07) is 10.8. The Morgan fingerprint density at radius 3 is 2.47 bits per heavy atom. The first kappa shape index (κ1) is 27.5. The molecule has 2 heterocycles. The van der Waals surface area contributed by atoms with Gasteiger partial charge in [-0.15, -0.1) is 0 Å². The normalized spacial score (nSPS) is 14.2. The lowest BCUT2D eigenvalue weighted by Crippen LogP contribution is -2.49. The first-order chi connectivity index (χ1) is 18.2. The lowest BCUT2D eigenvalue weighted by atomic mass is 10.0. The van der Waals surface area contributed by atoms with Crippen molar-refractivity contribution in [1.29, 1.82) is 0 Å². The van der Waals surface area contributed by atoms with Crippen LogP contribution in [0.3, 0.4) is 0 Å². The highest BCUT2D eigenvalue weighted by molar-refractivity contribution is 5.76. The second-order valence-corrected chi connectivity index (χ2v) is 10.1. The van der Waals surface area contributed by atoms with Crippen molar-refractivity contribution in [2.45, 2.75) is 46.8 Å². The van der Waals surface area contributed by atoms with E-state index in [-0.39, 0.29) is 31.4 Å². The molecule has 1 amide bonds. The first-order valence-electron chi connectivity index (χ1n) is 13.0. The smallest absolute Gasteiger partial charge is 0.231 e. The van der Waals surface area contributed by atoms with Gasteiger partial charge in [-0.2, -0.15) is 0 Å². The van der Waals surface area contributed by atoms with E-state index in [4.69, 9.17) is 26.2 Å². The molecule has 0 aliphatic carbocycles. The summed E-state index contributed by atoms with van der Waals surface area (Å²) in [5.74, 6) is 1.68. The number of hydrogen-bond acceptors (Lipinski definition) is 7. The number of hydrogen-bond donors (Lipinski definition) is 2. The van der Waals surface area contributed by atoms with Crippen LogP contribution < -0.4 is 21.1 Å². The molecule has 4 N–H and O–H groups in total. The minimum absolute atomic E-state index is 0.229. The predicted octanol–water partition coefficient (Wildman–Crippen LogP) is 3.67. The second-order valence-electron chi connectivity index (χ2n) is 10.1. The molecule has 1 aliphatic heterocycles. The number of anilines is 1. The molecule has 2 aromatic carbocycles. The molecule has 9 heteroatoms. The van der Waals surface area contributed by atoms with Gasteiger partial charge in [0.15, 0.2) is 5.82 Å². The highest BCUT2D eigenvalue weighted by Gasteiger charge is 2.25. The van der Waals surface area contributed by atoms with E-state index in [9.17, 15) is 9.18 Å². The van der Waals surface area contributed by atoms with Crippen LogP contribution in [0.5, 0.6) is 5.75 Å². The van der Waals surface area contributed by atoms with E-state index in [1.165, 1.54) is 17.7 Å². The van der Waals surface area contributed by atoms with Gasteiger partial charge in [0.05, 0.1) is 17.8 Å².